The third-order valence-electron chi connectivity index (χ3n) is 1.94. The van der Waals surface area contributed by atoms with Crippen molar-refractivity contribution in [3.05, 3.63) is 18.0 Å². The molecule has 7 heteroatoms. The van der Waals surface area contributed by atoms with Crippen LogP contribution in [0.4, 0.5) is 19.1 Å². The average Bonchev–Trinajstić information content (AvgIpc) is 2.26. The first kappa shape index (κ1) is 13.7. The molecule has 0 aromatic carbocycles. The van der Waals surface area contributed by atoms with E-state index in [4.69, 9.17) is 4.74 Å². The van der Waals surface area contributed by atoms with E-state index in [9.17, 15) is 13.2 Å². The summed E-state index contributed by atoms with van der Waals surface area (Å²) in [7, 11) is 0. The molecule has 0 saturated heterocycles. The van der Waals surface area contributed by atoms with Gasteiger partial charge in [0.1, 0.15) is 5.69 Å². The van der Waals surface area contributed by atoms with Gasteiger partial charge in [0.2, 0.25) is 5.95 Å². The normalized spacial score (nSPS) is 13.5. The Morgan fingerprint density at radius 3 is 2.76 bits per heavy atom. The van der Waals surface area contributed by atoms with Gasteiger partial charge in [0.05, 0.1) is 6.10 Å². The van der Waals surface area contributed by atoms with Gasteiger partial charge in [-0.25, -0.2) is 9.97 Å². The fraction of sp³-hybridized carbons (Fsp3) is 0.600. The number of ether oxygens (including phenoxy) is 1. The van der Waals surface area contributed by atoms with Gasteiger partial charge in [-0.2, -0.15) is 13.2 Å². The number of nitrogens with zero attached hydrogens (tertiary/aromatic N) is 2. The minimum Gasteiger partial charge on any atom is -0.377 e. The molecular weight excluding hydrogens is 235 g/mol. The minimum absolute atomic E-state index is 0.0496. The van der Waals surface area contributed by atoms with Gasteiger partial charge in [-0.05, 0) is 19.9 Å². The number of nitrogens with one attached hydrogen (secondary N) is 1. The van der Waals surface area contributed by atoms with Crippen molar-refractivity contribution in [3.8, 4) is 0 Å². The molecule has 0 amide bonds. The monoisotopic (exact) mass is 249 g/mol. The lowest BCUT2D eigenvalue weighted by molar-refractivity contribution is -0.141. The minimum atomic E-state index is -4.45. The zero-order valence-corrected chi connectivity index (χ0v) is 9.58. The van der Waals surface area contributed by atoms with Gasteiger partial charge < -0.3 is 10.1 Å². The predicted octanol–water partition coefficient (Wildman–Crippen LogP) is 2.33. The van der Waals surface area contributed by atoms with Gasteiger partial charge >= 0.3 is 6.18 Å². The van der Waals surface area contributed by atoms with E-state index in [0.717, 1.165) is 12.3 Å². The first-order valence-corrected chi connectivity index (χ1v) is 5.19. The Labute approximate surface area is 97.2 Å². The highest BCUT2D eigenvalue weighted by Crippen LogP contribution is 2.27. The summed E-state index contributed by atoms with van der Waals surface area (Å²) in [6.45, 7) is 4.56. The number of halogens is 3. The molecule has 0 aliphatic rings. The van der Waals surface area contributed by atoms with Crippen LogP contribution in [0.5, 0.6) is 0 Å². The van der Waals surface area contributed by atoms with Crippen molar-refractivity contribution in [2.45, 2.75) is 26.1 Å². The number of alkyl halides is 3. The second-order valence-electron chi connectivity index (χ2n) is 3.41. The molecule has 0 saturated carbocycles. The van der Waals surface area contributed by atoms with Crippen LogP contribution < -0.4 is 5.32 Å². The Hall–Kier alpha value is -1.37. The van der Waals surface area contributed by atoms with Gasteiger partial charge in [0.25, 0.3) is 0 Å². The van der Waals surface area contributed by atoms with Crippen molar-refractivity contribution in [2.24, 2.45) is 0 Å². The average molecular weight is 249 g/mol. The van der Waals surface area contributed by atoms with E-state index in [2.05, 4.69) is 15.3 Å². The third-order valence-corrected chi connectivity index (χ3v) is 1.94. The Kier molecular flexibility index (Phi) is 4.68. The van der Waals surface area contributed by atoms with E-state index in [0.29, 0.717) is 13.2 Å². The molecular formula is C10H14F3N3O. The molecule has 0 aliphatic carbocycles. The highest BCUT2D eigenvalue weighted by Gasteiger charge is 2.32. The third kappa shape index (κ3) is 4.56. The van der Waals surface area contributed by atoms with Crippen LogP contribution >= 0.6 is 0 Å². The van der Waals surface area contributed by atoms with Crippen molar-refractivity contribution in [2.75, 3.05) is 18.5 Å². The van der Waals surface area contributed by atoms with E-state index >= 15 is 0 Å². The van der Waals surface area contributed by atoms with Gasteiger partial charge in [0.15, 0.2) is 0 Å². The molecule has 1 aromatic heterocycles. The zero-order chi connectivity index (χ0) is 12.9. The first-order chi connectivity index (χ1) is 7.93. The van der Waals surface area contributed by atoms with E-state index in [1.165, 1.54) is 0 Å². The summed E-state index contributed by atoms with van der Waals surface area (Å²) in [6.07, 6.45) is -3.49. The second-order valence-corrected chi connectivity index (χ2v) is 3.41. The van der Waals surface area contributed by atoms with Crippen LogP contribution in [-0.4, -0.2) is 29.2 Å². The fourth-order valence-electron chi connectivity index (χ4n) is 1.18. The van der Waals surface area contributed by atoms with E-state index in [1.54, 1.807) is 0 Å². The number of rotatable bonds is 5. The highest BCUT2D eigenvalue weighted by atomic mass is 19.4. The number of aromatic nitrogens is 2. The van der Waals surface area contributed by atoms with Gasteiger partial charge in [0, 0.05) is 19.3 Å². The Bertz CT molecular complexity index is 357. The topological polar surface area (TPSA) is 47.0 Å². The summed E-state index contributed by atoms with van der Waals surface area (Å²) in [4.78, 5) is 7.08. The van der Waals surface area contributed by atoms with Gasteiger partial charge in [-0.15, -0.1) is 0 Å². The Morgan fingerprint density at radius 2 is 2.18 bits per heavy atom. The molecule has 96 valence electrons. The van der Waals surface area contributed by atoms with E-state index in [1.807, 2.05) is 13.8 Å². The molecule has 1 aromatic rings. The number of hydrogen-bond acceptors (Lipinski definition) is 4. The van der Waals surface area contributed by atoms with E-state index < -0.39 is 11.9 Å². The summed E-state index contributed by atoms with van der Waals surface area (Å²) in [6, 6.07) is 0.831. The van der Waals surface area contributed by atoms with Crippen molar-refractivity contribution in [1.29, 1.82) is 0 Å². The molecule has 1 atom stereocenters. The Morgan fingerprint density at radius 1 is 1.47 bits per heavy atom. The summed E-state index contributed by atoms with van der Waals surface area (Å²) in [5.74, 6) is -0.0496. The number of hydrogen-bond donors (Lipinski definition) is 1. The standard InChI is InChI=1S/C10H14F3N3O/c1-3-17-7(2)6-15-9-14-5-4-8(16-9)10(11,12)13/h4-5,7H,3,6H2,1-2H3,(H,14,15,16). The molecule has 0 spiro atoms. The predicted molar refractivity (Wildman–Crippen MR) is 56.6 cm³/mol. The van der Waals surface area contributed by atoms with Crippen LogP contribution in [0.2, 0.25) is 0 Å². The van der Waals surface area contributed by atoms with Crippen LogP contribution in [0.1, 0.15) is 19.5 Å². The fourth-order valence-corrected chi connectivity index (χ4v) is 1.18. The van der Waals surface area contributed by atoms with Crippen LogP contribution in [0.15, 0.2) is 12.3 Å². The molecule has 1 rings (SSSR count). The maximum Gasteiger partial charge on any atom is 0.433 e. The molecule has 0 aliphatic heterocycles. The molecule has 1 heterocycles. The lowest BCUT2D eigenvalue weighted by atomic mass is 10.4. The summed E-state index contributed by atoms with van der Waals surface area (Å²) in [5, 5.41) is 2.69. The van der Waals surface area contributed by atoms with Crippen LogP contribution in [-0.2, 0) is 10.9 Å². The molecule has 1 unspecified atom stereocenters. The summed E-state index contributed by atoms with van der Waals surface area (Å²) in [5.41, 5.74) is -0.959. The molecule has 1 N–H and O–H groups in total. The zero-order valence-electron chi connectivity index (χ0n) is 9.58. The van der Waals surface area contributed by atoms with Crippen LogP contribution in [0.25, 0.3) is 0 Å². The van der Waals surface area contributed by atoms with Gasteiger partial charge in [-0.3, -0.25) is 0 Å². The van der Waals surface area contributed by atoms with Crippen molar-refractivity contribution in [1.82, 2.24) is 9.97 Å². The largest absolute Gasteiger partial charge is 0.433 e. The summed E-state index contributed by atoms with van der Waals surface area (Å²) < 4.78 is 42.3. The quantitative estimate of drug-likeness (QED) is 0.870. The first-order valence-electron chi connectivity index (χ1n) is 5.19. The highest BCUT2D eigenvalue weighted by molar-refractivity contribution is 5.26. The lowest BCUT2D eigenvalue weighted by Gasteiger charge is -2.13. The number of anilines is 1. The maximum atomic E-state index is 12.3. The van der Waals surface area contributed by atoms with Crippen LogP contribution in [0, 0.1) is 0 Å². The summed E-state index contributed by atoms with van der Waals surface area (Å²) >= 11 is 0. The lowest BCUT2D eigenvalue weighted by Crippen LogP contribution is -2.21. The molecule has 4 nitrogen and oxygen atoms in total. The van der Waals surface area contributed by atoms with Crippen LogP contribution in [0.3, 0.4) is 0 Å². The molecule has 0 fully saturated rings. The smallest absolute Gasteiger partial charge is 0.377 e. The second kappa shape index (κ2) is 5.81. The maximum absolute atomic E-state index is 12.3. The molecule has 0 bridgehead atoms. The van der Waals surface area contributed by atoms with Crippen molar-refractivity contribution in [3.63, 3.8) is 0 Å². The van der Waals surface area contributed by atoms with E-state index in [-0.39, 0.29) is 12.1 Å². The molecule has 17 heavy (non-hydrogen) atoms. The van der Waals surface area contributed by atoms with Gasteiger partial charge in [-0.1, -0.05) is 0 Å². The SMILES string of the molecule is CCOC(C)CNc1nccc(C(F)(F)F)n1. The van der Waals surface area contributed by atoms with Crippen molar-refractivity contribution < 1.29 is 17.9 Å². The molecule has 0 radical (unpaired) electrons. The van der Waals surface area contributed by atoms with Crippen molar-refractivity contribution >= 4 is 5.95 Å². The Balaban J connectivity index is 2.60.